The Morgan fingerprint density at radius 3 is 2.64 bits per heavy atom. The number of methoxy groups -OCH3 is 2. The average molecular weight is 386 g/mol. The van der Waals surface area contributed by atoms with Crippen molar-refractivity contribution >= 4 is 73.6 Å². The fourth-order valence-corrected chi connectivity index (χ4v) is 3.71. The molecule has 25 heavy (non-hydrogen) atoms. The van der Waals surface area contributed by atoms with Crippen molar-refractivity contribution in [2.75, 3.05) is 14.2 Å². The number of nitrogens with one attached hydrogen (secondary N) is 1. The molecular weight excluding hydrogens is 365 g/mol. The Morgan fingerprint density at radius 2 is 1.96 bits per heavy atom. The molecule has 0 aliphatic rings. The summed E-state index contributed by atoms with van der Waals surface area (Å²) in [5.74, 6) is 1.79. The molecule has 0 radical (unpaired) electrons. The molecule has 1 N–H and O–H groups in total. The minimum absolute atomic E-state index is 0. The molecule has 1 aromatic carbocycles. The molecule has 0 saturated carbocycles. The van der Waals surface area contributed by atoms with Crippen LogP contribution in [0.5, 0.6) is 11.5 Å². The van der Waals surface area contributed by atoms with Crippen LogP contribution in [0, 0.1) is 13.8 Å². The third-order valence-corrected chi connectivity index (χ3v) is 5.06. The molecule has 8 heteroatoms. The van der Waals surface area contributed by atoms with E-state index >= 15 is 0 Å². The number of H-pyrrole nitrogens is 1. The van der Waals surface area contributed by atoms with Gasteiger partial charge in [-0.3, -0.25) is 9.97 Å². The molecule has 0 amide bonds. The van der Waals surface area contributed by atoms with Gasteiger partial charge in [-0.05, 0) is 26.0 Å². The van der Waals surface area contributed by atoms with E-state index in [4.69, 9.17) is 9.47 Å². The van der Waals surface area contributed by atoms with Crippen LogP contribution in [0.1, 0.15) is 16.8 Å². The first kappa shape index (κ1) is 20.7. The molecule has 128 valence electrons. The molecule has 0 saturated heterocycles. The Hall–Kier alpha value is -0.614. The van der Waals surface area contributed by atoms with Gasteiger partial charge in [0.1, 0.15) is 11.5 Å². The molecule has 0 spiro atoms. The van der Waals surface area contributed by atoms with Crippen LogP contribution in [0.25, 0.3) is 11.0 Å². The Labute approximate surface area is 192 Å². The molecule has 6 nitrogen and oxygen atoms in total. The van der Waals surface area contributed by atoms with Crippen molar-refractivity contribution < 1.29 is 14.0 Å². The topological polar surface area (TPSA) is 83.1 Å². The summed E-state index contributed by atoms with van der Waals surface area (Å²) < 4.78 is 23.3. The van der Waals surface area contributed by atoms with Crippen LogP contribution in [0.2, 0.25) is 0 Å². The summed E-state index contributed by atoms with van der Waals surface area (Å²) in [7, 11) is 3.23. The Bertz CT molecular complexity index is 885. The third kappa shape index (κ3) is 4.39. The fraction of sp³-hybridized carbons (Fsp3) is 0.294. The van der Waals surface area contributed by atoms with Crippen LogP contribution in [-0.2, 0) is 16.9 Å². The molecule has 0 bridgehead atoms. The fourth-order valence-electron chi connectivity index (χ4n) is 2.61. The van der Waals surface area contributed by atoms with E-state index in [0.717, 1.165) is 39.4 Å². The summed E-state index contributed by atoms with van der Waals surface area (Å²) in [5.41, 5.74) is 4.16. The number of nitrogens with zero attached hydrogens (tertiary/aromatic N) is 2. The number of aromatic nitrogens is 3. The summed E-state index contributed by atoms with van der Waals surface area (Å²) in [6.07, 6.45) is 1.74. The Morgan fingerprint density at radius 1 is 1.20 bits per heavy atom. The standard InChI is InChI=1S/C17H19N3O3S.K.H/c1-10-8-18-15(11(2)16(10)23-4)9-24(21)17-19-13-6-5-12(22-3)7-14(13)20-17;;/h5-8H,9H2,1-4H3,(H,19,20);;/t24-;;/m1../s1. The van der Waals surface area contributed by atoms with E-state index in [1.165, 1.54) is 0 Å². The molecule has 2 aromatic heterocycles. The van der Waals surface area contributed by atoms with Crippen molar-refractivity contribution in [1.29, 1.82) is 0 Å². The maximum absolute atomic E-state index is 12.7. The predicted molar refractivity (Wildman–Crippen MR) is 100 cm³/mol. The van der Waals surface area contributed by atoms with Gasteiger partial charge in [0.2, 0.25) is 0 Å². The van der Waals surface area contributed by atoms with Gasteiger partial charge in [-0.25, -0.2) is 0 Å². The maximum atomic E-state index is 12.7. The van der Waals surface area contributed by atoms with E-state index in [9.17, 15) is 4.55 Å². The van der Waals surface area contributed by atoms with Crippen molar-refractivity contribution in [3.05, 3.63) is 41.2 Å². The number of hydrogen-bond donors (Lipinski definition) is 1. The monoisotopic (exact) mass is 385 g/mol. The van der Waals surface area contributed by atoms with Gasteiger partial charge in [0, 0.05) is 34.6 Å². The van der Waals surface area contributed by atoms with Crippen LogP contribution in [0.15, 0.2) is 29.6 Å². The number of hydrogen-bond acceptors (Lipinski definition) is 5. The Kier molecular flexibility index (Phi) is 7.33. The number of aryl methyl sites for hydroxylation is 1. The van der Waals surface area contributed by atoms with E-state index in [1.54, 1.807) is 20.4 Å². The number of imidazole rings is 1. The van der Waals surface area contributed by atoms with Crippen molar-refractivity contribution in [1.82, 2.24) is 15.0 Å². The zero-order valence-electron chi connectivity index (χ0n) is 14.0. The summed E-state index contributed by atoms with van der Waals surface area (Å²) in [4.78, 5) is 11.9. The molecule has 3 aromatic rings. The molecule has 1 atom stereocenters. The first-order valence-corrected chi connectivity index (χ1v) is 8.76. The van der Waals surface area contributed by atoms with Crippen LogP contribution in [0.3, 0.4) is 0 Å². The minimum atomic E-state index is -1.33. The van der Waals surface area contributed by atoms with E-state index in [2.05, 4.69) is 15.0 Å². The molecule has 0 aliphatic heterocycles. The number of aromatic amines is 1. The zero-order valence-corrected chi connectivity index (χ0v) is 14.9. The number of rotatable bonds is 5. The van der Waals surface area contributed by atoms with Crippen molar-refractivity contribution in [2.24, 2.45) is 0 Å². The first-order valence-electron chi connectivity index (χ1n) is 7.44. The molecule has 3 rings (SSSR count). The molecule has 0 aliphatic carbocycles. The van der Waals surface area contributed by atoms with E-state index in [0.29, 0.717) is 5.16 Å². The average Bonchev–Trinajstić information content (AvgIpc) is 3.01. The van der Waals surface area contributed by atoms with Crippen LogP contribution in [0.4, 0.5) is 0 Å². The van der Waals surface area contributed by atoms with Gasteiger partial charge < -0.3 is 14.0 Å². The van der Waals surface area contributed by atoms with E-state index < -0.39 is 11.2 Å². The third-order valence-electron chi connectivity index (χ3n) is 3.90. The van der Waals surface area contributed by atoms with Crippen molar-refractivity contribution in [2.45, 2.75) is 24.8 Å². The zero-order chi connectivity index (χ0) is 17.3. The Balaban J connectivity index is 0.00000225. The number of pyridine rings is 1. The quantitative estimate of drug-likeness (QED) is 0.538. The summed E-state index contributed by atoms with van der Waals surface area (Å²) in [6, 6.07) is 5.50. The number of benzene rings is 1. The van der Waals surface area contributed by atoms with E-state index in [1.807, 2.05) is 32.0 Å². The summed E-state index contributed by atoms with van der Waals surface area (Å²) >= 11 is -1.33. The summed E-state index contributed by atoms with van der Waals surface area (Å²) in [6.45, 7) is 3.86. The molecule has 0 unspecified atom stereocenters. The second kappa shape index (κ2) is 8.85. The molecule has 0 fully saturated rings. The van der Waals surface area contributed by atoms with Gasteiger partial charge in [-0.2, -0.15) is 4.98 Å². The number of fused-ring (bicyclic) bond motifs is 1. The number of ether oxygens (including phenoxy) is 2. The first-order chi connectivity index (χ1) is 11.5. The van der Waals surface area contributed by atoms with Gasteiger partial charge in [0.05, 0.1) is 30.9 Å². The van der Waals surface area contributed by atoms with Gasteiger partial charge in [-0.1, -0.05) is 0 Å². The molecule has 2 heterocycles. The van der Waals surface area contributed by atoms with Crippen molar-refractivity contribution in [3.63, 3.8) is 0 Å². The van der Waals surface area contributed by atoms with E-state index in [-0.39, 0.29) is 57.1 Å². The van der Waals surface area contributed by atoms with Crippen LogP contribution >= 0.6 is 0 Å². The van der Waals surface area contributed by atoms with Gasteiger partial charge in [0.15, 0.2) is 5.75 Å². The van der Waals surface area contributed by atoms with Crippen LogP contribution < -0.4 is 9.47 Å². The predicted octanol–water partition coefficient (Wildman–Crippen LogP) is 2.25. The van der Waals surface area contributed by atoms with Gasteiger partial charge in [0.25, 0.3) is 0 Å². The second-order valence-electron chi connectivity index (χ2n) is 5.46. The van der Waals surface area contributed by atoms with Crippen LogP contribution in [-0.4, -0.2) is 85.1 Å². The normalized spacial score (nSPS) is 11.9. The van der Waals surface area contributed by atoms with Crippen molar-refractivity contribution in [3.8, 4) is 11.5 Å². The molecular formula is C17H20KN3O3S. The van der Waals surface area contributed by atoms with Gasteiger partial charge in [-0.15, -0.1) is 0 Å². The SMILES string of the molecule is COc1ccc2nc([S@+]([O-])Cc3ncc(C)c(OC)c3C)[nH]c2c1.[KH]. The summed E-state index contributed by atoms with van der Waals surface area (Å²) in [5, 5.41) is 0.430. The van der Waals surface area contributed by atoms with Gasteiger partial charge >= 0.3 is 56.5 Å². The second-order valence-corrected chi connectivity index (χ2v) is 6.83.